The van der Waals surface area contributed by atoms with E-state index in [1.807, 2.05) is 6.07 Å². The van der Waals surface area contributed by atoms with Crippen LogP contribution in [-0.2, 0) is 9.59 Å². The molecule has 1 aliphatic rings. The summed E-state index contributed by atoms with van der Waals surface area (Å²) in [7, 11) is 0. The number of carbonyl (C=O) groups excluding carboxylic acids is 2. The summed E-state index contributed by atoms with van der Waals surface area (Å²) < 4.78 is 0. The van der Waals surface area contributed by atoms with Crippen molar-refractivity contribution in [1.29, 1.82) is 0 Å². The fourth-order valence-corrected chi connectivity index (χ4v) is 3.47. The number of aromatic hydroxyl groups is 1. The van der Waals surface area contributed by atoms with Crippen LogP contribution < -0.4 is 10.6 Å². The van der Waals surface area contributed by atoms with E-state index in [4.69, 9.17) is 11.6 Å². The molecule has 0 aliphatic carbocycles. The predicted molar refractivity (Wildman–Crippen MR) is 91.1 cm³/mol. The summed E-state index contributed by atoms with van der Waals surface area (Å²) in [5.41, 5.74) is 0.982. The van der Waals surface area contributed by atoms with Gasteiger partial charge in [-0.15, -0.1) is 11.8 Å². The van der Waals surface area contributed by atoms with Crippen LogP contribution in [-0.4, -0.2) is 22.2 Å². The quantitative estimate of drug-likeness (QED) is 0.742. The molecule has 3 N–H and O–H groups in total. The van der Waals surface area contributed by atoms with Crippen molar-refractivity contribution in [1.82, 2.24) is 0 Å². The van der Waals surface area contributed by atoms with E-state index in [0.717, 1.165) is 4.90 Å². The van der Waals surface area contributed by atoms with Gasteiger partial charge in [0.25, 0.3) is 0 Å². The summed E-state index contributed by atoms with van der Waals surface area (Å²) in [5, 5.41) is 15.0. The number of fused-ring (bicyclic) bond motifs is 1. The summed E-state index contributed by atoms with van der Waals surface area (Å²) in [6.07, 6.45) is 0.00685. The van der Waals surface area contributed by atoms with Crippen LogP contribution in [0.2, 0.25) is 5.02 Å². The van der Waals surface area contributed by atoms with Crippen molar-refractivity contribution < 1.29 is 14.7 Å². The maximum absolute atomic E-state index is 12.1. The monoisotopic (exact) mass is 348 g/mol. The number of nitrogens with one attached hydrogen (secondary N) is 2. The fourth-order valence-electron chi connectivity index (χ4n) is 2.21. The summed E-state index contributed by atoms with van der Waals surface area (Å²) >= 11 is 7.22. The van der Waals surface area contributed by atoms with E-state index in [2.05, 4.69) is 10.6 Å². The van der Waals surface area contributed by atoms with Crippen LogP contribution in [0.4, 0.5) is 11.4 Å². The first-order chi connectivity index (χ1) is 11.0. The molecule has 7 heteroatoms. The SMILES string of the molecule is O=C(CC1Sc2ccc(Cl)cc2NC1=O)Nc1ccccc1O. The molecule has 1 heterocycles. The smallest absolute Gasteiger partial charge is 0.238 e. The zero-order valence-electron chi connectivity index (χ0n) is 11.9. The van der Waals surface area contributed by atoms with E-state index >= 15 is 0 Å². The van der Waals surface area contributed by atoms with Gasteiger partial charge < -0.3 is 15.7 Å². The van der Waals surface area contributed by atoms with Crippen molar-refractivity contribution in [3.05, 3.63) is 47.5 Å². The Balaban J connectivity index is 1.68. The molecule has 3 rings (SSSR count). The van der Waals surface area contributed by atoms with Crippen LogP contribution >= 0.6 is 23.4 Å². The van der Waals surface area contributed by atoms with Crippen LogP contribution in [0.25, 0.3) is 0 Å². The second-order valence-electron chi connectivity index (χ2n) is 5.01. The first-order valence-corrected chi connectivity index (χ1v) is 8.13. The molecule has 1 aliphatic heterocycles. The van der Waals surface area contributed by atoms with Crippen LogP contribution in [0.15, 0.2) is 47.4 Å². The molecule has 2 aromatic rings. The van der Waals surface area contributed by atoms with E-state index in [-0.39, 0.29) is 24.0 Å². The average Bonchev–Trinajstić information content (AvgIpc) is 2.50. The number of hydrogen-bond acceptors (Lipinski definition) is 4. The fraction of sp³-hybridized carbons (Fsp3) is 0.125. The lowest BCUT2D eigenvalue weighted by molar-refractivity contribution is -0.120. The van der Waals surface area contributed by atoms with Gasteiger partial charge in [0.2, 0.25) is 11.8 Å². The Kier molecular flexibility index (Phi) is 4.45. The van der Waals surface area contributed by atoms with E-state index in [1.165, 1.54) is 17.8 Å². The number of phenols is 1. The summed E-state index contributed by atoms with van der Waals surface area (Å²) in [6.45, 7) is 0. The molecule has 2 aromatic carbocycles. The van der Waals surface area contributed by atoms with Gasteiger partial charge in [0, 0.05) is 16.3 Å². The minimum absolute atomic E-state index is 0.00685. The minimum atomic E-state index is -0.533. The van der Waals surface area contributed by atoms with Crippen molar-refractivity contribution in [3.63, 3.8) is 0 Å². The van der Waals surface area contributed by atoms with Crippen molar-refractivity contribution in [2.75, 3.05) is 10.6 Å². The third kappa shape index (κ3) is 3.60. The normalized spacial score (nSPS) is 16.4. The number of thioether (sulfide) groups is 1. The predicted octanol–water partition coefficient (Wildman–Crippen LogP) is 3.49. The molecule has 0 radical (unpaired) electrons. The third-order valence-corrected chi connectivity index (χ3v) is 4.82. The van der Waals surface area contributed by atoms with Gasteiger partial charge in [-0.05, 0) is 30.3 Å². The summed E-state index contributed by atoms with van der Waals surface area (Å²) in [6, 6.07) is 11.7. The second kappa shape index (κ2) is 6.52. The maximum Gasteiger partial charge on any atom is 0.238 e. The van der Waals surface area contributed by atoms with Crippen LogP contribution in [0.1, 0.15) is 6.42 Å². The van der Waals surface area contributed by atoms with E-state index in [0.29, 0.717) is 16.4 Å². The van der Waals surface area contributed by atoms with Crippen LogP contribution in [0, 0.1) is 0 Å². The Morgan fingerprint density at radius 1 is 1.30 bits per heavy atom. The lowest BCUT2D eigenvalue weighted by atomic mass is 10.2. The second-order valence-corrected chi connectivity index (χ2v) is 6.69. The molecular weight excluding hydrogens is 336 g/mol. The van der Waals surface area contributed by atoms with Crippen molar-refractivity contribution in [3.8, 4) is 5.75 Å². The van der Waals surface area contributed by atoms with E-state index in [9.17, 15) is 14.7 Å². The van der Waals surface area contributed by atoms with Gasteiger partial charge in [0.1, 0.15) is 5.75 Å². The van der Waals surface area contributed by atoms with Crippen LogP contribution in [0.5, 0.6) is 5.75 Å². The topological polar surface area (TPSA) is 78.4 Å². The number of amides is 2. The van der Waals surface area contributed by atoms with Gasteiger partial charge in [0.15, 0.2) is 0 Å². The Hall–Kier alpha value is -2.18. The zero-order valence-corrected chi connectivity index (χ0v) is 13.4. The number of hydrogen-bond donors (Lipinski definition) is 3. The molecule has 0 aromatic heterocycles. The van der Waals surface area contributed by atoms with Gasteiger partial charge in [0.05, 0.1) is 16.6 Å². The lowest BCUT2D eigenvalue weighted by Crippen LogP contribution is -2.32. The molecule has 1 unspecified atom stereocenters. The molecule has 2 amide bonds. The lowest BCUT2D eigenvalue weighted by Gasteiger charge is -2.23. The third-order valence-electron chi connectivity index (χ3n) is 3.31. The molecule has 5 nitrogen and oxygen atoms in total. The Bertz CT molecular complexity index is 782. The van der Waals surface area contributed by atoms with Gasteiger partial charge in [-0.1, -0.05) is 23.7 Å². The van der Waals surface area contributed by atoms with Crippen LogP contribution in [0.3, 0.4) is 0 Å². The van der Waals surface area contributed by atoms with Gasteiger partial charge in [-0.3, -0.25) is 9.59 Å². The number of para-hydroxylation sites is 2. The first kappa shape index (κ1) is 15.7. The van der Waals surface area contributed by atoms with E-state index in [1.54, 1.807) is 30.3 Å². The van der Waals surface area contributed by atoms with Gasteiger partial charge in [-0.2, -0.15) is 0 Å². The number of anilines is 2. The molecule has 0 spiro atoms. The van der Waals surface area contributed by atoms with Gasteiger partial charge >= 0.3 is 0 Å². The molecular formula is C16H13ClN2O3S. The molecule has 23 heavy (non-hydrogen) atoms. The molecule has 0 bridgehead atoms. The number of halogens is 1. The number of carbonyl (C=O) groups is 2. The highest BCUT2D eigenvalue weighted by molar-refractivity contribution is 8.01. The highest BCUT2D eigenvalue weighted by Crippen LogP contribution is 2.38. The highest BCUT2D eigenvalue weighted by atomic mass is 35.5. The zero-order chi connectivity index (χ0) is 16.4. The molecule has 0 fully saturated rings. The molecule has 0 saturated heterocycles. The largest absolute Gasteiger partial charge is 0.506 e. The molecule has 118 valence electrons. The standard InChI is InChI=1S/C16H13ClN2O3S/c17-9-5-6-13-11(7-9)19-16(22)14(23-13)8-15(21)18-10-3-1-2-4-12(10)20/h1-7,14,20H,8H2,(H,18,21)(H,19,22). The van der Waals surface area contributed by atoms with E-state index < -0.39 is 5.25 Å². The maximum atomic E-state index is 12.1. The van der Waals surface area contributed by atoms with Crippen molar-refractivity contribution in [2.24, 2.45) is 0 Å². The summed E-state index contributed by atoms with van der Waals surface area (Å²) in [4.78, 5) is 25.1. The first-order valence-electron chi connectivity index (χ1n) is 6.88. The average molecular weight is 349 g/mol. The Labute approximate surface area is 142 Å². The Morgan fingerprint density at radius 3 is 2.87 bits per heavy atom. The minimum Gasteiger partial charge on any atom is -0.506 e. The Morgan fingerprint density at radius 2 is 2.09 bits per heavy atom. The van der Waals surface area contributed by atoms with Gasteiger partial charge in [-0.25, -0.2) is 0 Å². The molecule has 0 saturated carbocycles. The van der Waals surface area contributed by atoms with Crippen molar-refractivity contribution >= 4 is 46.6 Å². The highest BCUT2D eigenvalue weighted by Gasteiger charge is 2.29. The number of rotatable bonds is 3. The number of phenolic OH excluding ortho intramolecular Hbond substituents is 1. The molecule has 1 atom stereocenters. The van der Waals surface area contributed by atoms with Crippen molar-refractivity contribution in [2.45, 2.75) is 16.6 Å². The number of benzene rings is 2. The summed E-state index contributed by atoms with van der Waals surface area (Å²) in [5.74, 6) is -0.588.